The Labute approximate surface area is 125 Å². The molecule has 2 rings (SSSR count). The fourth-order valence-electron chi connectivity index (χ4n) is 2.21. The van der Waals surface area contributed by atoms with Crippen molar-refractivity contribution in [3.63, 3.8) is 0 Å². The van der Waals surface area contributed by atoms with Crippen molar-refractivity contribution < 1.29 is 19.4 Å². The normalized spacial score (nSPS) is 17.9. The molecule has 1 amide bonds. The minimum atomic E-state index is -1.02. The zero-order valence-electron chi connectivity index (χ0n) is 10.9. The first-order valence-corrected chi connectivity index (χ1v) is 7.22. The molecule has 0 saturated carbocycles. The Kier molecular flexibility index (Phi) is 5.14. The van der Waals surface area contributed by atoms with Gasteiger partial charge in [-0.05, 0) is 30.5 Å². The second kappa shape index (κ2) is 6.85. The fourth-order valence-corrected chi connectivity index (χ4v) is 2.65. The predicted octanol–water partition coefficient (Wildman–Crippen LogP) is 2.04. The van der Waals surface area contributed by atoms with E-state index in [4.69, 9.17) is 9.84 Å². The lowest BCUT2D eigenvalue weighted by atomic mass is 10.1. The number of nitrogens with zero attached hydrogens (tertiary/aromatic N) is 1. The molecular formula is C14H16BrNO4. The lowest BCUT2D eigenvalue weighted by Crippen LogP contribution is -2.41. The molecule has 20 heavy (non-hydrogen) atoms. The van der Waals surface area contributed by atoms with E-state index in [0.717, 1.165) is 16.5 Å². The van der Waals surface area contributed by atoms with Gasteiger partial charge in [-0.25, -0.2) is 0 Å². The number of hydrogen-bond donors (Lipinski definition) is 1. The first-order valence-electron chi connectivity index (χ1n) is 6.43. The number of rotatable bonds is 5. The van der Waals surface area contributed by atoms with Crippen LogP contribution in [0.3, 0.4) is 0 Å². The van der Waals surface area contributed by atoms with E-state index < -0.39 is 12.1 Å². The largest absolute Gasteiger partial charge is 0.480 e. The van der Waals surface area contributed by atoms with E-state index in [2.05, 4.69) is 15.9 Å². The topological polar surface area (TPSA) is 66.8 Å². The SMILES string of the molecule is O=C(O)CN(Cc1cccc(Br)c1)C(=O)C1CCCO1. The third kappa shape index (κ3) is 4.05. The zero-order chi connectivity index (χ0) is 14.5. The highest BCUT2D eigenvalue weighted by atomic mass is 79.9. The van der Waals surface area contributed by atoms with E-state index in [1.165, 1.54) is 4.90 Å². The first kappa shape index (κ1) is 15.0. The van der Waals surface area contributed by atoms with Gasteiger partial charge >= 0.3 is 5.97 Å². The number of carboxylic acid groups (broad SMARTS) is 1. The lowest BCUT2D eigenvalue weighted by molar-refractivity contribution is -0.149. The Morgan fingerprint density at radius 2 is 2.25 bits per heavy atom. The molecule has 0 radical (unpaired) electrons. The van der Waals surface area contributed by atoms with Crippen molar-refractivity contribution in [3.05, 3.63) is 34.3 Å². The van der Waals surface area contributed by atoms with Crippen molar-refractivity contribution in [2.45, 2.75) is 25.5 Å². The van der Waals surface area contributed by atoms with Gasteiger partial charge in [0.25, 0.3) is 5.91 Å². The van der Waals surface area contributed by atoms with Crippen LogP contribution in [-0.2, 0) is 20.9 Å². The molecule has 1 saturated heterocycles. The Bertz CT molecular complexity index is 500. The number of carboxylic acids is 1. The summed E-state index contributed by atoms with van der Waals surface area (Å²) in [5.74, 6) is -1.27. The Balaban J connectivity index is 2.10. The van der Waals surface area contributed by atoms with Crippen LogP contribution in [0.4, 0.5) is 0 Å². The molecular weight excluding hydrogens is 326 g/mol. The zero-order valence-corrected chi connectivity index (χ0v) is 12.5. The van der Waals surface area contributed by atoms with E-state index in [-0.39, 0.29) is 19.0 Å². The van der Waals surface area contributed by atoms with Crippen molar-refractivity contribution >= 4 is 27.8 Å². The van der Waals surface area contributed by atoms with Gasteiger partial charge in [-0.3, -0.25) is 9.59 Å². The number of halogens is 1. The highest BCUT2D eigenvalue weighted by Gasteiger charge is 2.29. The monoisotopic (exact) mass is 341 g/mol. The van der Waals surface area contributed by atoms with Gasteiger partial charge in [0, 0.05) is 17.6 Å². The van der Waals surface area contributed by atoms with Gasteiger partial charge in [-0.2, -0.15) is 0 Å². The quantitative estimate of drug-likeness (QED) is 0.889. The van der Waals surface area contributed by atoms with E-state index >= 15 is 0 Å². The highest BCUT2D eigenvalue weighted by Crippen LogP contribution is 2.18. The van der Waals surface area contributed by atoms with E-state index in [1.54, 1.807) is 0 Å². The Morgan fingerprint density at radius 3 is 2.85 bits per heavy atom. The van der Waals surface area contributed by atoms with Crippen molar-refractivity contribution in [2.24, 2.45) is 0 Å². The molecule has 6 heteroatoms. The molecule has 1 N–H and O–H groups in total. The molecule has 0 spiro atoms. The molecule has 108 valence electrons. The van der Waals surface area contributed by atoms with Gasteiger partial charge in [0.05, 0.1) is 0 Å². The number of benzene rings is 1. The van der Waals surface area contributed by atoms with Crippen LogP contribution in [0.15, 0.2) is 28.7 Å². The second-order valence-corrected chi connectivity index (χ2v) is 5.64. The molecule has 5 nitrogen and oxygen atoms in total. The summed E-state index contributed by atoms with van der Waals surface area (Å²) in [5.41, 5.74) is 0.881. The maximum atomic E-state index is 12.3. The number of carbonyl (C=O) groups is 2. The highest BCUT2D eigenvalue weighted by molar-refractivity contribution is 9.10. The summed E-state index contributed by atoms with van der Waals surface area (Å²) in [6, 6.07) is 7.47. The number of aliphatic carboxylic acids is 1. The molecule has 1 aliphatic heterocycles. The van der Waals surface area contributed by atoms with Crippen molar-refractivity contribution in [2.75, 3.05) is 13.2 Å². The van der Waals surface area contributed by atoms with Crippen LogP contribution in [0.2, 0.25) is 0 Å². The van der Waals surface area contributed by atoms with Gasteiger partial charge in [0.15, 0.2) is 0 Å². The van der Waals surface area contributed by atoms with Crippen LogP contribution >= 0.6 is 15.9 Å². The summed E-state index contributed by atoms with van der Waals surface area (Å²) in [6.45, 7) is 0.518. The van der Waals surface area contributed by atoms with Gasteiger partial charge in [-0.15, -0.1) is 0 Å². The van der Waals surface area contributed by atoms with Gasteiger partial charge in [0.2, 0.25) is 0 Å². The molecule has 1 aromatic rings. The summed E-state index contributed by atoms with van der Waals surface area (Å²) in [4.78, 5) is 24.6. The van der Waals surface area contributed by atoms with Crippen LogP contribution in [0.1, 0.15) is 18.4 Å². The second-order valence-electron chi connectivity index (χ2n) is 4.72. The number of ether oxygens (including phenoxy) is 1. The minimum Gasteiger partial charge on any atom is -0.480 e. The molecule has 0 bridgehead atoms. The van der Waals surface area contributed by atoms with E-state index in [1.807, 2.05) is 24.3 Å². The van der Waals surface area contributed by atoms with Crippen LogP contribution in [0.5, 0.6) is 0 Å². The van der Waals surface area contributed by atoms with E-state index in [0.29, 0.717) is 13.0 Å². The van der Waals surface area contributed by atoms with Crippen LogP contribution in [0.25, 0.3) is 0 Å². The van der Waals surface area contributed by atoms with Crippen LogP contribution < -0.4 is 0 Å². The van der Waals surface area contributed by atoms with Crippen LogP contribution in [-0.4, -0.2) is 41.1 Å². The molecule has 1 unspecified atom stereocenters. The predicted molar refractivity (Wildman–Crippen MR) is 76.2 cm³/mol. The number of carbonyl (C=O) groups excluding carboxylic acids is 1. The Hall–Kier alpha value is -1.40. The lowest BCUT2D eigenvalue weighted by Gasteiger charge is -2.23. The Morgan fingerprint density at radius 1 is 1.45 bits per heavy atom. The summed E-state index contributed by atoms with van der Waals surface area (Å²) in [6.07, 6.45) is 1.00. The number of amides is 1. The third-order valence-electron chi connectivity index (χ3n) is 3.11. The fraction of sp³-hybridized carbons (Fsp3) is 0.429. The number of hydrogen-bond acceptors (Lipinski definition) is 3. The maximum absolute atomic E-state index is 12.3. The average molecular weight is 342 g/mol. The minimum absolute atomic E-state index is 0.245. The molecule has 1 atom stereocenters. The molecule has 1 fully saturated rings. The van der Waals surface area contributed by atoms with Gasteiger partial charge in [0.1, 0.15) is 12.6 Å². The molecule has 1 aromatic carbocycles. The molecule has 1 aliphatic rings. The smallest absolute Gasteiger partial charge is 0.323 e. The van der Waals surface area contributed by atoms with Gasteiger partial charge in [-0.1, -0.05) is 28.1 Å². The third-order valence-corrected chi connectivity index (χ3v) is 3.60. The summed E-state index contributed by atoms with van der Waals surface area (Å²) in [5, 5.41) is 8.96. The van der Waals surface area contributed by atoms with Gasteiger partial charge < -0.3 is 14.7 Å². The average Bonchev–Trinajstić information content (AvgIpc) is 2.90. The van der Waals surface area contributed by atoms with Crippen LogP contribution in [0, 0.1) is 0 Å². The maximum Gasteiger partial charge on any atom is 0.323 e. The van der Waals surface area contributed by atoms with Crippen molar-refractivity contribution in [3.8, 4) is 0 Å². The standard InChI is InChI=1S/C14H16BrNO4/c15-11-4-1-3-10(7-11)8-16(9-13(17)18)14(19)12-5-2-6-20-12/h1,3-4,7,12H,2,5-6,8-9H2,(H,17,18). The summed E-state index contributed by atoms with van der Waals surface area (Å²) < 4.78 is 6.24. The van der Waals surface area contributed by atoms with E-state index in [9.17, 15) is 9.59 Å². The summed E-state index contributed by atoms with van der Waals surface area (Å²) in [7, 11) is 0. The van der Waals surface area contributed by atoms with Crippen molar-refractivity contribution in [1.29, 1.82) is 0 Å². The van der Waals surface area contributed by atoms with Crippen molar-refractivity contribution in [1.82, 2.24) is 4.90 Å². The first-order chi connectivity index (χ1) is 9.56. The molecule has 1 heterocycles. The molecule has 0 aliphatic carbocycles. The molecule has 0 aromatic heterocycles. The summed E-state index contributed by atoms with van der Waals surface area (Å²) >= 11 is 3.36.